The number of rotatable bonds is 3. The number of fused-ring (bicyclic) bond motifs is 2. The summed E-state index contributed by atoms with van der Waals surface area (Å²) in [4.78, 5) is 4.16. The number of nitrogens with zero attached hydrogens (tertiary/aromatic N) is 1. The van der Waals surface area contributed by atoms with E-state index in [0.717, 1.165) is 24.3 Å². The van der Waals surface area contributed by atoms with Crippen LogP contribution in [0.5, 0.6) is 0 Å². The highest BCUT2D eigenvalue weighted by molar-refractivity contribution is 5.48. The number of aromatic nitrogens is 1. The highest BCUT2D eigenvalue weighted by atomic mass is 14.9. The topological polar surface area (TPSA) is 24.9 Å². The molecule has 2 nitrogen and oxygen atoms in total. The van der Waals surface area contributed by atoms with E-state index in [-0.39, 0.29) is 0 Å². The van der Waals surface area contributed by atoms with Gasteiger partial charge in [0.05, 0.1) is 11.9 Å². The van der Waals surface area contributed by atoms with Crippen LogP contribution in [-0.4, -0.2) is 11.5 Å². The Kier molecular flexibility index (Phi) is 2.43. The maximum Gasteiger partial charge on any atom is 0.0556 e. The second-order valence-corrected chi connectivity index (χ2v) is 5.11. The van der Waals surface area contributed by atoms with E-state index < -0.39 is 0 Å². The fraction of sp³-hybridized carbons (Fsp3) is 0.500. The Balaban J connectivity index is 1.61. The number of hydrogen-bond donors (Lipinski definition) is 1. The molecule has 0 spiro atoms. The summed E-state index contributed by atoms with van der Waals surface area (Å²) in [7, 11) is 0. The van der Waals surface area contributed by atoms with Gasteiger partial charge in [-0.2, -0.15) is 0 Å². The molecule has 2 bridgehead atoms. The average Bonchev–Trinajstić information content (AvgIpc) is 2.90. The Morgan fingerprint density at radius 1 is 1.38 bits per heavy atom. The van der Waals surface area contributed by atoms with Crippen LogP contribution >= 0.6 is 0 Å². The molecule has 3 unspecified atom stereocenters. The highest BCUT2D eigenvalue weighted by Gasteiger charge is 2.35. The lowest BCUT2D eigenvalue weighted by Crippen LogP contribution is -2.18. The molecule has 1 saturated carbocycles. The first-order valence-electron chi connectivity index (χ1n) is 6.16. The summed E-state index contributed by atoms with van der Waals surface area (Å²) in [6.07, 6.45) is 11.3. The van der Waals surface area contributed by atoms with Crippen LogP contribution in [0.3, 0.4) is 0 Å². The number of pyridine rings is 1. The molecule has 2 aliphatic carbocycles. The zero-order valence-corrected chi connectivity index (χ0v) is 9.69. The monoisotopic (exact) mass is 214 g/mol. The van der Waals surface area contributed by atoms with E-state index in [1.807, 2.05) is 12.4 Å². The van der Waals surface area contributed by atoms with Crippen molar-refractivity contribution in [1.29, 1.82) is 0 Å². The third-order valence-corrected chi connectivity index (χ3v) is 4.01. The molecule has 1 N–H and O–H groups in total. The van der Waals surface area contributed by atoms with Gasteiger partial charge >= 0.3 is 0 Å². The number of hydrogen-bond acceptors (Lipinski definition) is 2. The minimum absolute atomic E-state index is 0.828. The van der Waals surface area contributed by atoms with E-state index in [4.69, 9.17) is 0 Å². The molecule has 0 radical (unpaired) electrons. The van der Waals surface area contributed by atoms with Crippen LogP contribution in [0.1, 0.15) is 18.4 Å². The lowest BCUT2D eigenvalue weighted by atomic mass is 9.93. The molecule has 3 atom stereocenters. The van der Waals surface area contributed by atoms with Crippen LogP contribution in [0.15, 0.2) is 30.6 Å². The Labute approximate surface area is 96.8 Å². The van der Waals surface area contributed by atoms with E-state index >= 15 is 0 Å². The first-order valence-corrected chi connectivity index (χ1v) is 6.16. The molecule has 0 saturated heterocycles. The van der Waals surface area contributed by atoms with Gasteiger partial charge in [-0.1, -0.05) is 12.2 Å². The van der Waals surface area contributed by atoms with Gasteiger partial charge in [0.15, 0.2) is 0 Å². The smallest absolute Gasteiger partial charge is 0.0556 e. The minimum atomic E-state index is 0.828. The molecule has 1 fully saturated rings. The number of nitrogens with one attached hydrogen (secondary N) is 1. The quantitative estimate of drug-likeness (QED) is 0.782. The molecule has 0 amide bonds. The van der Waals surface area contributed by atoms with Crippen LogP contribution in [0, 0.1) is 24.7 Å². The van der Waals surface area contributed by atoms with Gasteiger partial charge in [0.1, 0.15) is 0 Å². The van der Waals surface area contributed by atoms with Gasteiger partial charge in [0, 0.05) is 12.7 Å². The third kappa shape index (κ3) is 1.73. The van der Waals surface area contributed by atoms with Gasteiger partial charge in [0.2, 0.25) is 0 Å². The molecule has 16 heavy (non-hydrogen) atoms. The van der Waals surface area contributed by atoms with E-state index in [1.54, 1.807) is 0 Å². The van der Waals surface area contributed by atoms with Crippen molar-refractivity contribution in [2.75, 3.05) is 11.9 Å². The number of anilines is 1. The maximum absolute atomic E-state index is 4.16. The number of allylic oxidation sites excluding steroid dienone is 2. The maximum atomic E-state index is 4.16. The minimum Gasteiger partial charge on any atom is -0.383 e. The number of aryl methyl sites for hydroxylation is 1. The summed E-state index contributed by atoms with van der Waals surface area (Å²) in [5.41, 5.74) is 2.47. The molecule has 0 aromatic carbocycles. The van der Waals surface area contributed by atoms with Gasteiger partial charge in [-0.15, -0.1) is 0 Å². The van der Waals surface area contributed by atoms with E-state index in [0.29, 0.717) is 0 Å². The lowest BCUT2D eigenvalue weighted by Gasteiger charge is -2.19. The standard InChI is InChI=1S/C14H18N2/c1-10-4-5-15-9-14(10)16-8-13-7-11-2-3-12(13)6-11/h2-5,9,11-13,16H,6-8H2,1H3. The highest BCUT2D eigenvalue weighted by Crippen LogP contribution is 2.43. The summed E-state index contributed by atoms with van der Waals surface area (Å²) in [6, 6.07) is 2.06. The Morgan fingerprint density at radius 3 is 3.00 bits per heavy atom. The first-order chi connectivity index (χ1) is 7.83. The molecule has 1 heterocycles. The van der Waals surface area contributed by atoms with E-state index in [2.05, 4.69) is 35.4 Å². The van der Waals surface area contributed by atoms with Crippen molar-refractivity contribution in [2.45, 2.75) is 19.8 Å². The molecule has 1 aromatic heterocycles. The van der Waals surface area contributed by atoms with Crippen LogP contribution in [0.4, 0.5) is 5.69 Å². The summed E-state index contributed by atoms with van der Waals surface area (Å²) < 4.78 is 0. The summed E-state index contributed by atoms with van der Waals surface area (Å²) >= 11 is 0. The Morgan fingerprint density at radius 2 is 2.31 bits per heavy atom. The van der Waals surface area contributed by atoms with Gasteiger partial charge in [-0.05, 0) is 49.1 Å². The zero-order valence-electron chi connectivity index (χ0n) is 9.69. The van der Waals surface area contributed by atoms with Crippen molar-refractivity contribution in [2.24, 2.45) is 17.8 Å². The summed E-state index contributed by atoms with van der Waals surface area (Å²) in [6.45, 7) is 3.22. The third-order valence-electron chi connectivity index (χ3n) is 4.01. The molecule has 2 heteroatoms. The SMILES string of the molecule is Cc1ccncc1NCC1CC2C=CC1C2. The van der Waals surface area contributed by atoms with Gasteiger partial charge in [-0.3, -0.25) is 4.98 Å². The molecule has 84 valence electrons. The Bertz CT molecular complexity index is 411. The Hall–Kier alpha value is -1.31. The first kappa shape index (κ1) is 9.88. The summed E-state index contributed by atoms with van der Waals surface area (Å²) in [5, 5.41) is 3.54. The van der Waals surface area contributed by atoms with Crippen LogP contribution < -0.4 is 5.32 Å². The normalized spacial score (nSPS) is 30.9. The molecule has 3 rings (SSSR count). The van der Waals surface area contributed by atoms with Crippen molar-refractivity contribution in [1.82, 2.24) is 4.98 Å². The van der Waals surface area contributed by atoms with Crippen molar-refractivity contribution in [3.05, 3.63) is 36.2 Å². The largest absolute Gasteiger partial charge is 0.383 e. The molecule has 0 aliphatic heterocycles. The van der Waals surface area contributed by atoms with Gasteiger partial charge in [-0.25, -0.2) is 0 Å². The fourth-order valence-corrected chi connectivity index (χ4v) is 3.02. The van der Waals surface area contributed by atoms with Crippen molar-refractivity contribution >= 4 is 5.69 Å². The summed E-state index contributed by atoms with van der Waals surface area (Å²) in [5.74, 6) is 2.52. The fourth-order valence-electron chi connectivity index (χ4n) is 3.02. The van der Waals surface area contributed by atoms with E-state index in [9.17, 15) is 0 Å². The predicted molar refractivity (Wildman–Crippen MR) is 66.3 cm³/mol. The molecular formula is C14H18N2. The van der Waals surface area contributed by atoms with Gasteiger partial charge in [0.25, 0.3) is 0 Å². The van der Waals surface area contributed by atoms with Crippen LogP contribution in [0.2, 0.25) is 0 Å². The van der Waals surface area contributed by atoms with Crippen LogP contribution in [0.25, 0.3) is 0 Å². The van der Waals surface area contributed by atoms with E-state index in [1.165, 1.54) is 24.1 Å². The second kappa shape index (κ2) is 3.93. The van der Waals surface area contributed by atoms with Crippen molar-refractivity contribution in [3.8, 4) is 0 Å². The predicted octanol–water partition coefficient (Wildman–Crippen LogP) is 3.01. The molecule has 2 aliphatic rings. The zero-order chi connectivity index (χ0) is 11.0. The lowest BCUT2D eigenvalue weighted by molar-refractivity contribution is 0.472. The van der Waals surface area contributed by atoms with Crippen molar-refractivity contribution < 1.29 is 0 Å². The molecule has 1 aromatic rings. The average molecular weight is 214 g/mol. The molecular weight excluding hydrogens is 196 g/mol. The van der Waals surface area contributed by atoms with Gasteiger partial charge < -0.3 is 5.32 Å². The van der Waals surface area contributed by atoms with Crippen LogP contribution in [-0.2, 0) is 0 Å². The second-order valence-electron chi connectivity index (χ2n) is 5.11. The van der Waals surface area contributed by atoms with Crippen molar-refractivity contribution in [3.63, 3.8) is 0 Å².